The molecule has 1 aliphatic carbocycles. The number of anilines is 1. The lowest BCUT2D eigenvalue weighted by Crippen LogP contribution is -2.31. The standard InChI is InChI=1S/C13H17N5/c1-17(2)11-9-5-18(6-10(9)11)13-8-3-4-14-12(8)15-7-16-13/h3-4,7,9-11H,5-6H2,1-2H3,(H,14,15,16)/t9-,10+,11?. The topological polar surface area (TPSA) is 48.1 Å². The average molecular weight is 243 g/mol. The molecule has 5 heteroatoms. The van der Waals surface area contributed by atoms with Gasteiger partial charge in [-0.25, -0.2) is 9.97 Å². The van der Waals surface area contributed by atoms with Gasteiger partial charge in [-0.1, -0.05) is 0 Å². The maximum Gasteiger partial charge on any atom is 0.142 e. The van der Waals surface area contributed by atoms with Crippen LogP contribution in [-0.4, -0.2) is 53.1 Å². The van der Waals surface area contributed by atoms with Gasteiger partial charge in [-0.05, 0) is 32.0 Å². The van der Waals surface area contributed by atoms with Crippen LogP contribution < -0.4 is 4.90 Å². The molecule has 18 heavy (non-hydrogen) atoms. The van der Waals surface area contributed by atoms with Crippen LogP contribution >= 0.6 is 0 Å². The summed E-state index contributed by atoms with van der Waals surface area (Å²) < 4.78 is 0. The van der Waals surface area contributed by atoms with E-state index >= 15 is 0 Å². The summed E-state index contributed by atoms with van der Waals surface area (Å²) in [7, 11) is 4.37. The minimum absolute atomic E-state index is 0.782. The Labute approximate surface area is 106 Å². The van der Waals surface area contributed by atoms with Gasteiger partial charge in [0.25, 0.3) is 0 Å². The van der Waals surface area contributed by atoms with E-state index in [-0.39, 0.29) is 0 Å². The van der Waals surface area contributed by atoms with Gasteiger partial charge >= 0.3 is 0 Å². The molecule has 0 spiro atoms. The summed E-state index contributed by atoms with van der Waals surface area (Å²) in [5.41, 5.74) is 0.935. The number of H-pyrrole nitrogens is 1. The molecule has 0 bridgehead atoms. The minimum atomic E-state index is 0.782. The van der Waals surface area contributed by atoms with Crippen LogP contribution in [0.1, 0.15) is 0 Å². The van der Waals surface area contributed by atoms with Crippen molar-refractivity contribution in [3.63, 3.8) is 0 Å². The van der Waals surface area contributed by atoms with E-state index in [0.717, 1.165) is 47.8 Å². The Bertz CT molecular complexity index is 578. The predicted molar refractivity (Wildman–Crippen MR) is 70.6 cm³/mol. The molecule has 1 saturated carbocycles. The van der Waals surface area contributed by atoms with Gasteiger partial charge in [0, 0.05) is 25.3 Å². The molecule has 0 radical (unpaired) electrons. The summed E-state index contributed by atoms with van der Waals surface area (Å²) >= 11 is 0. The molecule has 1 N–H and O–H groups in total. The zero-order valence-electron chi connectivity index (χ0n) is 10.7. The highest BCUT2D eigenvalue weighted by molar-refractivity contribution is 5.87. The number of aromatic nitrogens is 3. The number of aromatic amines is 1. The molecule has 5 nitrogen and oxygen atoms in total. The van der Waals surface area contributed by atoms with E-state index in [9.17, 15) is 0 Å². The SMILES string of the molecule is CN(C)C1[C@H]2CN(c3ncnc4[nH]ccc34)C[C@@H]12. The third kappa shape index (κ3) is 1.31. The summed E-state index contributed by atoms with van der Waals surface area (Å²) in [5.74, 6) is 2.74. The molecule has 2 fully saturated rings. The lowest BCUT2D eigenvalue weighted by Gasteiger charge is -2.23. The second kappa shape index (κ2) is 3.45. The van der Waals surface area contributed by atoms with Crippen LogP contribution in [0.15, 0.2) is 18.6 Å². The molecule has 2 aliphatic rings. The third-order valence-electron chi connectivity index (χ3n) is 4.38. The van der Waals surface area contributed by atoms with Crippen LogP contribution in [0.25, 0.3) is 11.0 Å². The molecule has 94 valence electrons. The van der Waals surface area contributed by atoms with Crippen LogP contribution in [0.2, 0.25) is 0 Å². The van der Waals surface area contributed by atoms with Gasteiger partial charge < -0.3 is 14.8 Å². The largest absolute Gasteiger partial charge is 0.355 e. The summed E-state index contributed by atoms with van der Waals surface area (Å²) in [6.45, 7) is 2.26. The lowest BCUT2D eigenvalue weighted by atomic mass is 10.3. The van der Waals surface area contributed by atoms with Crippen molar-refractivity contribution in [3.8, 4) is 0 Å². The Hall–Kier alpha value is -1.62. The monoisotopic (exact) mass is 243 g/mol. The highest BCUT2D eigenvalue weighted by Crippen LogP contribution is 2.49. The molecule has 1 saturated heterocycles. The van der Waals surface area contributed by atoms with Crippen molar-refractivity contribution in [2.45, 2.75) is 6.04 Å². The van der Waals surface area contributed by atoms with E-state index in [1.165, 1.54) is 0 Å². The highest BCUT2D eigenvalue weighted by atomic mass is 15.3. The molecule has 3 heterocycles. The first kappa shape index (κ1) is 10.3. The Morgan fingerprint density at radius 3 is 2.78 bits per heavy atom. The third-order valence-corrected chi connectivity index (χ3v) is 4.38. The number of hydrogen-bond acceptors (Lipinski definition) is 4. The molecular formula is C13H17N5. The zero-order valence-corrected chi connectivity index (χ0v) is 10.7. The van der Waals surface area contributed by atoms with Crippen LogP contribution in [0.5, 0.6) is 0 Å². The van der Waals surface area contributed by atoms with Crippen molar-refractivity contribution in [1.29, 1.82) is 0 Å². The zero-order chi connectivity index (χ0) is 12.3. The molecule has 4 rings (SSSR count). The van der Waals surface area contributed by atoms with Crippen molar-refractivity contribution in [1.82, 2.24) is 19.9 Å². The van der Waals surface area contributed by atoms with Crippen LogP contribution in [0, 0.1) is 11.8 Å². The van der Waals surface area contributed by atoms with Gasteiger partial charge in [-0.3, -0.25) is 0 Å². The molecule has 1 aliphatic heterocycles. The van der Waals surface area contributed by atoms with Crippen molar-refractivity contribution < 1.29 is 0 Å². The fraction of sp³-hybridized carbons (Fsp3) is 0.538. The van der Waals surface area contributed by atoms with Crippen LogP contribution in [0.4, 0.5) is 5.82 Å². The van der Waals surface area contributed by atoms with Gasteiger partial charge in [0.15, 0.2) is 0 Å². The first-order chi connectivity index (χ1) is 8.75. The van der Waals surface area contributed by atoms with E-state index in [2.05, 4.69) is 44.9 Å². The normalized spacial score (nSPS) is 30.2. The van der Waals surface area contributed by atoms with E-state index in [1.54, 1.807) is 6.33 Å². The molecule has 3 atom stereocenters. The predicted octanol–water partition coefficient (Wildman–Crippen LogP) is 0.954. The van der Waals surface area contributed by atoms with E-state index < -0.39 is 0 Å². The van der Waals surface area contributed by atoms with E-state index in [0.29, 0.717) is 0 Å². The summed E-state index contributed by atoms with van der Waals surface area (Å²) in [6.07, 6.45) is 3.59. The maximum absolute atomic E-state index is 4.47. The van der Waals surface area contributed by atoms with Gasteiger partial charge in [-0.15, -0.1) is 0 Å². The first-order valence-electron chi connectivity index (χ1n) is 6.45. The average Bonchev–Trinajstić information content (AvgIpc) is 2.78. The van der Waals surface area contributed by atoms with Crippen LogP contribution in [-0.2, 0) is 0 Å². The van der Waals surface area contributed by atoms with Crippen molar-refractivity contribution in [2.75, 3.05) is 32.1 Å². The fourth-order valence-electron chi connectivity index (χ4n) is 3.54. The number of fused-ring (bicyclic) bond motifs is 2. The lowest BCUT2D eigenvalue weighted by molar-refractivity contribution is 0.356. The van der Waals surface area contributed by atoms with Crippen LogP contribution in [0.3, 0.4) is 0 Å². The van der Waals surface area contributed by atoms with Crippen molar-refractivity contribution in [3.05, 3.63) is 18.6 Å². The molecule has 1 unspecified atom stereocenters. The number of nitrogens with one attached hydrogen (secondary N) is 1. The van der Waals surface area contributed by atoms with Crippen molar-refractivity contribution in [2.24, 2.45) is 11.8 Å². The Morgan fingerprint density at radius 2 is 2.06 bits per heavy atom. The number of nitrogens with zero attached hydrogens (tertiary/aromatic N) is 4. The van der Waals surface area contributed by atoms with E-state index in [4.69, 9.17) is 0 Å². The quantitative estimate of drug-likeness (QED) is 0.853. The number of rotatable bonds is 2. The summed E-state index contributed by atoms with van der Waals surface area (Å²) in [6, 6.07) is 2.85. The highest BCUT2D eigenvalue weighted by Gasteiger charge is 2.57. The van der Waals surface area contributed by atoms with Gasteiger partial charge in [0.2, 0.25) is 0 Å². The van der Waals surface area contributed by atoms with Crippen molar-refractivity contribution >= 4 is 16.9 Å². The second-order valence-corrected chi connectivity index (χ2v) is 5.62. The summed E-state index contributed by atoms with van der Waals surface area (Å²) in [4.78, 5) is 16.6. The van der Waals surface area contributed by atoms with Gasteiger partial charge in [0.05, 0.1) is 5.39 Å². The molecule has 0 aromatic carbocycles. The Morgan fingerprint density at radius 1 is 1.28 bits per heavy atom. The number of piperidine rings is 1. The van der Waals surface area contributed by atoms with E-state index in [1.807, 2.05) is 6.20 Å². The fourth-order valence-corrected chi connectivity index (χ4v) is 3.54. The van der Waals surface area contributed by atoms with Gasteiger partial charge in [-0.2, -0.15) is 0 Å². The Kier molecular flexibility index (Phi) is 1.97. The first-order valence-corrected chi connectivity index (χ1v) is 6.45. The molecule has 2 aromatic rings. The second-order valence-electron chi connectivity index (χ2n) is 5.62. The maximum atomic E-state index is 4.47. The van der Waals surface area contributed by atoms with Gasteiger partial charge in [0.1, 0.15) is 17.8 Å². The molecule has 0 amide bonds. The summed E-state index contributed by atoms with van der Waals surface area (Å²) in [5, 5.41) is 1.14. The smallest absolute Gasteiger partial charge is 0.142 e. The molecular weight excluding hydrogens is 226 g/mol. The minimum Gasteiger partial charge on any atom is -0.355 e. The molecule has 2 aromatic heterocycles. The number of hydrogen-bond donors (Lipinski definition) is 1. The Balaban J connectivity index is 1.62.